The van der Waals surface area contributed by atoms with E-state index in [1.807, 2.05) is 0 Å². The molecule has 0 heterocycles. The molecule has 12 heavy (non-hydrogen) atoms. The first-order valence-electron chi connectivity index (χ1n) is 3.48. The maximum absolute atomic E-state index is 10.5. The van der Waals surface area contributed by atoms with E-state index in [4.69, 9.17) is 10.2 Å². The Morgan fingerprint density at radius 1 is 1.08 bits per heavy atom. The molecule has 0 rings (SSSR count). The molecule has 0 saturated carbocycles. The minimum absolute atomic E-state index is 0. The van der Waals surface area contributed by atoms with Crippen molar-refractivity contribution in [1.29, 1.82) is 0 Å². The minimum atomic E-state index is -1.58. The number of carboxylic acids is 2. The van der Waals surface area contributed by atoms with Gasteiger partial charge < -0.3 is 10.2 Å². The molecule has 0 fully saturated rings. The van der Waals surface area contributed by atoms with E-state index in [0.29, 0.717) is 0 Å². The van der Waals surface area contributed by atoms with E-state index in [2.05, 4.69) is 0 Å². The molecule has 0 spiro atoms. The monoisotopic (exact) mass is 184 g/mol. The van der Waals surface area contributed by atoms with Gasteiger partial charge in [0.2, 0.25) is 0 Å². The molecular weight excluding hydrogens is 171 g/mol. The van der Waals surface area contributed by atoms with Crippen LogP contribution in [-0.4, -0.2) is 51.7 Å². The zero-order chi connectivity index (χ0) is 9.07. The molecule has 0 atom stereocenters. The number of hydrogen-bond acceptors (Lipinski definition) is 2. The average Bonchev–Trinajstić information content (AvgIpc) is 1.90. The van der Waals surface area contributed by atoms with Crippen LogP contribution < -0.4 is 0 Å². The number of aliphatic carboxylic acids is 2. The van der Waals surface area contributed by atoms with Gasteiger partial charge in [-0.1, -0.05) is 13.8 Å². The Labute approximate surface area is 93.3 Å². The topological polar surface area (TPSA) is 74.6 Å². The summed E-state index contributed by atoms with van der Waals surface area (Å²) < 4.78 is 0. The van der Waals surface area contributed by atoms with Gasteiger partial charge in [0.05, 0.1) is 0 Å². The first-order chi connectivity index (χ1) is 5.01. The van der Waals surface area contributed by atoms with Gasteiger partial charge >= 0.3 is 41.5 Å². The normalized spacial score (nSPS) is 10.2. The van der Waals surface area contributed by atoms with Gasteiger partial charge in [-0.25, -0.2) is 0 Å². The van der Waals surface area contributed by atoms with Gasteiger partial charge in [0.25, 0.3) is 0 Å². The quantitative estimate of drug-likeness (QED) is 0.487. The van der Waals surface area contributed by atoms with Gasteiger partial charge in [-0.2, -0.15) is 0 Å². The van der Waals surface area contributed by atoms with E-state index < -0.39 is 17.4 Å². The zero-order valence-corrected chi connectivity index (χ0v) is 6.63. The first kappa shape index (κ1) is 14.5. The van der Waals surface area contributed by atoms with Gasteiger partial charge in [-0.05, 0) is 12.8 Å². The molecular formula is C7H13NaO4. The first-order valence-corrected chi connectivity index (χ1v) is 3.48. The summed E-state index contributed by atoms with van der Waals surface area (Å²) in [6, 6.07) is 0. The second-order valence-electron chi connectivity index (χ2n) is 2.40. The molecule has 0 saturated heterocycles. The van der Waals surface area contributed by atoms with Crippen LogP contribution in [0.4, 0.5) is 0 Å². The van der Waals surface area contributed by atoms with Crippen LogP contribution in [0.3, 0.4) is 0 Å². The third kappa shape index (κ3) is 2.47. The molecule has 0 aliphatic heterocycles. The van der Waals surface area contributed by atoms with Gasteiger partial charge in [0.15, 0.2) is 5.41 Å². The average molecular weight is 184 g/mol. The van der Waals surface area contributed by atoms with Crippen LogP contribution in [0.2, 0.25) is 0 Å². The van der Waals surface area contributed by atoms with Crippen LogP contribution >= 0.6 is 0 Å². The summed E-state index contributed by atoms with van der Waals surface area (Å²) in [6.45, 7) is 3.12. The van der Waals surface area contributed by atoms with Crippen molar-refractivity contribution in [1.82, 2.24) is 0 Å². The Kier molecular flexibility index (Phi) is 6.70. The Hall–Kier alpha value is -0.0600. The van der Waals surface area contributed by atoms with E-state index in [1.54, 1.807) is 13.8 Å². The van der Waals surface area contributed by atoms with E-state index in [9.17, 15) is 9.59 Å². The molecule has 0 aliphatic rings. The third-order valence-electron chi connectivity index (χ3n) is 2.03. The Morgan fingerprint density at radius 2 is 1.33 bits per heavy atom. The van der Waals surface area contributed by atoms with E-state index >= 15 is 0 Å². The fourth-order valence-electron chi connectivity index (χ4n) is 0.946. The molecule has 0 aromatic rings. The number of carbonyl (C=O) groups is 2. The molecule has 4 nitrogen and oxygen atoms in total. The third-order valence-corrected chi connectivity index (χ3v) is 2.03. The molecule has 0 aromatic carbocycles. The van der Waals surface area contributed by atoms with Gasteiger partial charge in [0.1, 0.15) is 0 Å². The van der Waals surface area contributed by atoms with Crippen molar-refractivity contribution in [2.75, 3.05) is 0 Å². The summed E-state index contributed by atoms with van der Waals surface area (Å²) in [4.78, 5) is 21.1. The van der Waals surface area contributed by atoms with Crippen molar-refractivity contribution in [2.45, 2.75) is 26.7 Å². The fourth-order valence-corrected chi connectivity index (χ4v) is 0.946. The molecule has 0 radical (unpaired) electrons. The van der Waals surface area contributed by atoms with Gasteiger partial charge in [0, 0.05) is 0 Å². The van der Waals surface area contributed by atoms with E-state index in [0.717, 1.165) is 0 Å². The van der Waals surface area contributed by atoms with Crippen LogP contribution in [0.25, 0.3) is 0 Å². The van der Waals surface area contributed by atoms with Crippen LogP contribution in [0.5, 0.6) is 0 Å². The molecule has 0 unspecified atom stereocenters. The Balaban J connectivity index is 0. The van der Waals surface area contributed by atoms with Crippen molar-refractivity contribution in [3.8, 4) is 0 Å². The summed E-state index contributed by atoms with van der Waals surface area (Å²) in [6.07, 6.45) is 0.238. The number of rotatable bonds is 4. The van der Waals surface area contributed by atoms with Gasteiger partial charge in [-0.3, -0.25) is 9.59 Å². The number of hydrogen-bond donors (Lipinski definition) is 2. The predicted molar refractivity (Wildman–Crippen MR) is 45.4 cm³/mol. The predicted octanol–water partition coefficient (Wildman–Crippen LogP) is 0.313. The summed E-state index contributed by atoms with van der Waals surface area (Å²) in [7, 11) is 0. The van der Waals surface area contributed by atoms with Crippen molar-refractivity contribution < 1.29 is 19.8 Å². The van der Waals surface area contributed by atoms with E-state index in [1.165, 1.54) is 0 Å². The van der Waals surface area contributed by atoms with E-state index in [-0.39, 0.29) is 42.4 Å². The SMILES string of the molecule is CCC(CC)(C(=O)O)C(=O)O.[NaH]. The zero-order valence-electron chi connectivity index (χ0n) is 6.63. The Morgan fingerprint density at radius 3 is 1.33 bits per heavy atom. The molecule has 0 amide bonds. The second kappa shape index (κ2) is 5.56. The molecule has 66 valence electrons. The molecule has 0 aromatic heterocycles. The van der Waals surface area contributed by atoms with Crippen molar-refractivity contribution in [2.24, 2.45) is 5.41 Å². The molecule has 5 heteroatoms. The molecule has 0 bridgehead atoms. The summed E-state index contributed by atoms with van der Waals surface area (Å²) in [5.74, 6) is -2.51. The van der Waals surface area contributed by atoms with Crippen molar-refractivity contribution in [3.63, 3.8) is 0 Å². The second-order valence-corrected chi connectivity index (χ2v) is 2.40. The molecule has 2 N–H and O–H groups in total. The Bertz CT molecular complexity index is 158. The fraction of sp³-hybridized carbons (Fsp3) is 0.714. The van der Waals surface area contributed by atoms with Crippen molar-refractivity contribution in [3.05, 3.63) is 0 Å². The van der Waals surface area contributed by atoms with Crippen molar-refractivity contribution >= 4 is 41.5 Å². The molecule has 0 aliphatic carbocycles. The maximum atomic E-state index is 10.5. The van der Waals surface area contributed by atoms with Crippen LogP contribution in [-0.2, 0) is 9.59 Å². The standard InChI is InChI=1S/C7H12O4.Na.H/c1-3-7(4-2,5(8)9)6(10)11;;/h3-4H2,1-2H3,(H,8,9)(H,10,11);;. The van der Waals surface area contributed by atoms with Gasteiger partial charge in [-0.15, -0.1) is 0 Å². The summed E-state index contributed by atoms with van der Waals surface area (Å²) >= 11 is 0. The number of carboxylic acid groups (broad SMARTS) is 2. The summed E-state index contributed by atoms with van der Waals surface area (Å²) in [5.41, 5.74) is -1.58. The van der Waals surface area contributed by atoms with Crippen LogP contribution in [0.1, 0.15) is 26.7 Å². The van der Waals surface area contributed by atoms with Crippen LogP contribution in [0.15, 0.2) is 0 Å². The summed E-state index contributed by atoms with van der Waals surface area (Å²) in [5, 5.41) is 17.2. The van der Waals surface area contributed by atoms with Crippen LogP contribution in [0, 0.1) is 5.41 Å².